The van der Waals surface area contributed by atoms with E-state index in [9.17, 15) is 4.79 Å². The van der Waals surface area contributed by atoms with Crippen molar-refractivity contribution in [2.45, 2.75) is 25.2 Å². The van der Waals surface area contributed by atoms with E-state index in [4.69, 9.17) is 5.73 Å². The summed E-state index contributed by atoms with van der Waals surface area (Å²) in [6.07, 6.45) is 5.03. The first-order valence-electron chi connectivity index (χ1n) is 6.60. The van der Waals surface area contributed by atoms with Crippen LogP contribution in [0, 0.1) is 0 Å². The first kappa shape index (κ1) is 11.9. The van der Waals surface area contributed by atoms with E-state index in [1.54, 1.807) is 6.07 Å². The molecule has 0 radical (unpaired) electrons. The third-order valence-corrected chi connectivity index (χ3v) is 3.80. The molecule has 1 aromatic carbocycles. The highest BCUT2D eigenvalue weighted by Crippen LogP contribution is 2.36. The van der Waals surface area contributed by atoms with Crippen molar-refractivity contribution in [2.75, 3.05) is 0 Å². The fraction of sp³-hybridized carbons (Fsp3) is 0.250. The number of nitrogens with zero attached hydrogens (tertiary/aromatic N) is 1. The van der Waals surface area contributed by atoms with Crippen LogP contribution in [0.25, 0.3) is 0 Å². The Bertz CT molecular complexity index is 622. The zero-order chi connectivity index (χ0) is 13.2. The fourth-order valence-corrected chi connectivity index (χ4v) is 2.94. The van der Waals surface area contributed by atoms with E-state index in [0.717, 1.165) is 30.5 Å². The SMILES string of the molecule is NC(=O)c1ccccc1C1CCCc2cccnc21. The molecule has 3 nitrogen and oxygen atoms in total. The van der Waals surface area contributed by atoms with Crippen LogP contribution in [0.15, 0.2) is 42.6 Å². The van der Waals surface area contributed by atoms with E-state index in [-0.39, 0.29) is 11.8 Å². The minimum absolute atomic E-state index is 0.189. The Morgan fingerprint density at radius 3 is 2.89 bits per heavy atom. The number of primary amides is 1. The Hall–Kier alpha value is -2.16. The molecule has 1 aliphatic rings. The van der Waals surface area contributed by atoms with E-state index >= 15 is 0 Å². The van der Waals surface area contributed by atoms with Crippen LogP contribution >= 0.6 is 0 Å². The van der Waals surface area contributed by atoms with Crippen molar-refractivity contribution < 1.29 is 4.79 Å². The Labute approximate surface area is 112 Å². The van der Waals surface area contributed by atoms with Gasteiger partial charge in [0, 0.05) is 17.7 Å². The number of aryl methyl sites for hydroxylation is 1. The van der Waals surface area contributed by atoms with Crippen molar-refractivity contribution in [1.82, 2.24) is 4.98 Å². The molecule has 2 aromatic rings. The van der Waals surface area contributed by atoms with E-state index in [1.807, 2.05) is 30.5 Å². The second kappa shape index (κ2) is 4.84. The lowest BCUT2D eigenvalue weighted by Crippen LogP contribution is -2.19. The Balaban J connectivity index is 2.12. The van der Waals surface area contributed by atoms with Crippen molar-refractivity contribution in [2.24, 2.45) is 5.73 Å². The van der Waals surface area contributed by atoms with Gasteiger partial charge in [-0.15, -0.1) is 0 Å². The summed E-state index contributed by atoms with van der Waals surface area (Å²) in [5.41, 5.74) is 9.50. The van der Waals surface area contributed by atoms with Gasteiger partial charge in [-0.3, -0.25) is 9.78 Å². The summed E-state index contributed by atoms with van der Waals surface area (Å²) >= 11 is 0. The predicted octanol–water partition coefficient (Wildman–Crippen LogP) is 2.65. The zero-order valence-electron chi connectivity index (χ0n) is 10.7. The van der Waals surface area contributed by atoms with Gasteiger partial charge in [0.05, 0.1) is 5.69 Å². The molecule has 3 rings (SSSR count). The second-order valence-electron chi connectivity index (χ2n) is 4.94. The number of pyridine rings is 1. The van der Waals surface area contributed by atoms with Gasteiger partial charge in [-0.05, 0) is 42.5 Å². The molecule has 1 heterocycles. The van der Waals surface area contributed by atoms with Gasteiger partial charge in [-0.25, -0.2) is 0 Å². The van der Waals surface area contributed by atoms with Gasteiger partial charge >= 0.3 is 0 Å². The third kappa shape index (κ3) is 2.12. The molecule has 0 spiro atoms. The number of fused-ring (bicyclic) bond motifs is 1. The first-order chi connectivity index (χ1) is 9.27. The van der Waals surface area contributed by atoms with Crippen molar-refractivity contribution in [3.63, 3.8) is 0 Å². The number of aromatic nitrogens is 1. The van der Waals surface area contributed by atoms with Gasteiger partial charge in [0.1, 0.15) is 0 Å². The van der Waals surface area contributed by atoms with Crippen LogP contribution in [0.4, 0.5) is 0 Å². The maximum Gasteiger partial charge on any atom is 0.248 e. The van der Waals surface area contributed by atoms with E-state index in [1.165, 1.54) is 5.56 Å². The van der Waals surface area contributed by atoms with Gasteiger partial charge in [-0.1, -0.05) is 24.3 Å². The molecule has 1 aliphatic carbocycles. The molecule has 3 heteroatoms. The van der Waals surface area contributed by atoms with Crippen molar-refractivity contribution >= 4 is 5.91 Å². The summed E-state index contributed by atoms with van der Waals surface area (Å²) in [6, 6.07) is 11.7. The number of carbonyl (C=O) groups is 1. The minimum atomic E-state index is -0.362. The van der Waals surface area contributed by atoms with Gasteiger partial charge in [-0.2, -0.15) is 0 Å². The predicted molar refractivity (Wildman–Crippen MR) is 74.0 cm³/mol. The Morgan fingerprint density at radius 2 is 2.05 bits per heavy atom. The monoisotopic (exact) mass is 252 g/mol. The van der Waals surface area contributed by atoms with Crippen LogP contribution in [0.2, 0.25) is 0 Å². The standard InChI is InChI=1S/C16H16N2O/c17-16(19)14-8-2-1-7-12(14)13-9-3-5-11-6-4-10-18-15(11)13/h1-2,4,6-8,10,13H,3,5,9H2,(H2,17,19). The minimum Gasteiger partial charge on any atom is -0.366 e. The van der Waals surface area contributed by atoms with E-state index in [0.29, 0.717) is 5.56 Å². The lowest BCUT2D eigenvalue weighted by atomic mass is 9.80. The van der Waals surface area contributed by atoms with Crippen LogP contribution in [0.1, 0.15) is 45.9 Å². The summed E-state index contributed by atoms with van der Waals surface area (Å²) in [6.45, 7) is 0. The maximum atomic E-state index is 11.6. The molecule has 2 N–H and O–H groups in total. The molecule has 0 bridgehead atoms. The van der Waals surface area contributed by atoms with Gasteiger partial charge in [0.25, 0.3) is 0 Å². The van der Waals surface area contributed by atoms with Crippen molar-refractivity contribution in [1.29, 1.82) is 0 Å². The number of hydrogen-bond donors (Lipinski definition) is 1. The molecule has 96 valence electrons. The largest absolute Gasteiger partial charge is 0.366 e. The van der Waals surface area contributed by atoms with Crippen LogP contribution < -0.4 is 5.73 Å². The molecule has 19 heavy (non-hydrogen) atoms. The summed E-state index contributed by atoms with van der Waals surface area (Å²) in [4.78, 5) is 16.1. The molecule has 1 amide bonds. The van der Waals surface area contributed by atoms with Gasteiger partial charge in [0.15, 0.2) is 0 Å². The van der Waals surface area contributed by atoms with Crippen LogP contribution in [0.3, 0.4) is 0 Å². The molecular weight excluding hydrogens is 236 g/mol. The van der Waals surface area contributed by atoms with Crippen LogP contribution in [-0.4, -0.2) is 10.9 Å². The average Bonchev–Trinajstić information content (AvgIpc) is 2.46. The highest BCUT2D eigenvalue weighted by atomic mass is 16.1. The third-order valence-electron chi connectivity index (χ3n) is 3.80. The quantitative estimate of drug-likeness (QED) is 0.893. The zero-order valence-corrected chi connectivity index (χ0v) is 10.7. The van der Waals surface area contributed by atoms with E-state index in [2.05, 4.69) is 11.1 Å². The van der Waals surface area contributed by atoms with Crippen molar-refractivity contribution in [3.8, 4) is 0 Å². The van der Waals surface area contributed by atoms with Crippen LogP contribution in [-0.2, 0) is 6.42 Å². The number of nitrogens with two attached hydrogens (primary N) is 1. The maximum absolute atomic E-state index is 11.6. The second-order valence-corrected chi connectivity index (χ2v) is 4.94. The highest BCUT2D eigenvalue weighted by molar-refractivity contribution is 5.94. The summed E-state index contributed by atoms with van der Waals surface area (Å²) in [7, 11) is 0. The topological polar surface area (TPSA) is 56.0 Å². The Morgan fingerprint density at radius 1 is 1.21 bits per heavy atom. The smallest absolute Gasteiger partial charge is 0.248 e. The Kier molecular flexibility index (Phi) is 3.03. The number of amides is 1. The number of benzene rings is 1. The van der Waals surface area contributed by atoms with E-state index < -0.39 is 0 Å². The molecule has 0 fully saturated rings. The normalized spacial score (nSPS) is 17.8. The molecule has 0 aliphatic heterocycles. The number of hydrogen-bond acceptors (Lipinski definition) is 2. The first-order valence-corrected chi connectivity index (χ1v) is 6.60. The summed E-state index contributed by atoms with van der Waals surface area (Å²) in [5.74, 6) is -0.174. The van der Waals surface area contributed by atoms with Crippen LogP contribution in [0.5, 0.6) is 0 Å². The fourth-order valence-electron chi connectivity index (χ4n) is 2.94. The molecule has 1 aromatic heterocycles. The molecule has 1 unspecified atom stereocenters. The lowest BCUT2D eigenvalue weighted by molar-refractivity contribution is 0.0999. The summed E-state index contributed by atoms with van der Waals surface area (Å²) in [5, 5.41) is 0. The molecule has 1 atom stereocenters. The highest BCUT2D eigenvalue weighted by Gasteiger charge is 2.25. The number of carbonyl (C=O) groups excluding carboxylic acids is 1. The number of rotatable bonds is 2. The molecular formula is C16H16N2O. The van der Waals surface area contributed by atoms with Gasteiger partial charge in [0.2, 0.25) is 5.91 Å². The lowest BCUT2D eigenvalue weighted by Gasteiger charge is -2.25. The average molecular weight is 252 g/mol. The molecule has 0 saturated carbocycles. The summed E-state index contributed by atoms with van der Waals surface area (Å²) < 4.78 is 0. The molecule has 0 saturated heterocycles. The van der Waals surface area contributed by atoms with Crippen molar-refractivity contribution in [3.05, 3.63) is 65.0 Å². The van der Waals surface area contributed by atoms with Gasteiger partial charge < -0.3 is 5.73 Å².